The fourth-order valence-corrected chi connectivity index (χ4v) is 8.39. The highest BCUT2D eigenvalue weighted by atomic mass is 15.2. The number of allylic oxidation sites excluding steroid dienone is 8. The van der Waals surface area contributed by atoms with Gasteiger partial charge in [0.15, 0.2) is 11.5 Å². The standard InChI is InChI=1S/C28H35N5.C24H19N7.C2H6/c1-6-12-25(33-15-10-9-11-16-33)26-19(4)30-27(31-26)28(5)23-18-21(13-14-24(23)32-28)20(7-2)17-22(29)8-3;1-3-15(14-25-4-2)16-8-9-20-18(13-16)22(31-30-20)24-28-21-17(10-12-27-23(21)29-24)19-7-5-6-11-26-19;1-2/h6-8,12-14,17-18,32H,1,3,9-11,15-16,29H2,2,4-5H3,(H,30,31);3-14H,2H2,1H3,(H,30,31)(H,27,28,29);1-2H3/b20-7+,22-17+,25-12+;15-3+,25-14?;. The number of H-pyrrole nitrogens is 3. The molecule has 1 fully saturated rings. The molecule has 0 aliphatic carbocycles. The van der Waals surface area contributed by atoms with Gasteiger partial charge in [-0.15, -0.1) is 0 Å². The number of nitrogens with one attached hydrogen (secondary N) is 4. The summed E-state index contributed by atoms with van der Waals surface area (Å²) in [4.78, 5) is 32.3. The van der Waals surface area contributed by atoms with Crippen LogP contribution in [0.15, 0.2) is 146 Å². The number of aromatic nitrogens is 8. The van der Waals surface area contributed by atoms with E-state index in [1.165, 1.54) is 31.0 Å². The Balaban J connectivity index is 0.000000190. The minimum Gasteiger partial charge on any atom is -0.399 e. The summed E-state index contributed by atoms with van der Waals surface area (Å²) in [5.41, 5.74) is 21.0. The Morgan fingerprint density at radius 2 is 1.65 bits per heavy atom. The van der Waals surface area contributed by atoms with Gasteiger partial charge in [-0.25, -0.2) is 15.0 Å². The number of piperidine rings is 1. The molecule has 0 amide bonds. The highest BCUT2D eigenvalue weighted by Gasteiger charge is 2.43. The average molecular weight is 877 g/mol. The van der Waals surface area contributed by atoms with E-state index in [4.69, 9.17) is 15.7 Å². The first-order valence-electron chi connectivity index (χ1n) is 22.6. The predicted octanol–water partition coefficient (Wildman–Crippen LogP) is 12.1. The van der Waals surface area contributed by atoms with Crippen LogP contribution in [0.1, 0.15) is 87.8 Å². The van der Waals surface area contributed by atoms with Gasteiger partial charge in [-0.2, -0.15) is 5.10 Å². The lowest BCUT2D eigenvalue weighted by atomic mass is 9.80. The molecular formula is C54H60N12. The SMILES string of the molecule is C=C/C=C(\c1nc(C2(C)Nc3ccc(C(/C=C(/N)C=C)=C/C)cc32)[nH]c1C)N1CCCCC1.C=CN=C/C(=C\C)c1ccc2[nH]nc(-c3nc4nccc(-c5ccccn5)c4[nH]3)c2c1.CC. The molecule has 12 heteroatoms. The number of aryl methyl sites for hydroxylation is 1. The summed E-state index contributed by atoms with van der Waals surface area (Å²) in [5.74, 6) is 1.57. The predicted molar refractivity (Wildman–Crippen MR) is 275 cm³/mol. The van der Waals surface area contributed by atoms with Crippen LogP contribution in [0.3, 0.4) is 0 Å². The molecule has 5 aromatic heterocycles. The van der Waals surface area contributed by atoms with Gasteiger partial charge in [-0.05, 0) is 130 Å². The number of aliphatic imine (C=N–C) groups is 1. The highest BCUT2D eigenvalue weighted by Crippen LogP contribution is 2.46. The van der Waals surface area contributed by atoms with Crippen molar-refractivity contribution in [1.82, 2.24) is 45.0 Å². The van der Waals surface area contributed by atoms with E-state index in [0.717, 1.165) is 97.3 Å². The molecule has 7 heterocycles. The van der Waals surface area contributed by atoms with Gasteiger partial charge in [0.2, 0.25) is 0 Å². The summed E-state index contributed by atoms with van der Waals surface area (Å²) < 4.78 is 0. The number of nitrogens with zero attached hydrogens (tertiary/aromatic N) is 7. The van der Waals surface area contributed by atoms with Crippen molar-refractivity contribution in [2.75, 3.05) is 18.4 Å². The lowest BCUT2D eigenvalue weighted by Crippen LogP contribution is -2.43. The maximum Gasteiger partial charge on any atom is 0.178 e. The summed E-state index contributed by atoms with van der Waals surface area (Å²) in [6.07, 6.45) is 22.2. The fourth-order valence-electron chi connectivity index (χ4n) is 8.39. The first-order valence-corrected chi connectivity index (χ1v) is 22.6. The molecule has 12 nitrogen and oxygen atoms in total. The van der Waals surface area contributed by atoms with Crippen LogP contribution in [0.5, 0.6) is 0 Å². The van der Waals surface area contributed by atoms with Gasteiger partial charge in [-0.1, -0.05) is 70.0 Å². The van der Waals surface area contributed by atoms with Crippen LogP contribution < -0.4 is 11.1 Å². The summed E-state index contributed by atoms with van der Waals surface area (Å²) >= 11 is 0. The fraction of sp³-hybridized carbons (Fsp3) is 0.222. The Bertz CT molecular complexity index is 3020. The number of hydrogen-bond acceptors (Lipinski definition) is 9. The van der Waals surface area contributed by atoms with E-state index in [1.54, 1.807) is 24.7 Å². The molecular weight excluding hydrogens is 817 g/mol. The molecule has 66 heavy (non-hydrogen) atoms. The third-order valence-corrected chi connectivity index (χ3v) is 11.8. The van der Waals surface area contributed by atoms with Crippen molar-refractivity contribution in [3.8, 4) is 22.8 Å². The first kappa shape index (κ1) is 46.1. The second-order valence-electron chi connectivity index (χ2n) is 15.9. The zero-order chi connectivity index (χ0) is 46.8. The molecule has 0 bridgehead atoms. The van der Waals surface area contributed by atoms with Gasteiger partial charge >= 0.3 is 0 Å². The number of nitrogens with two attached hydrogens (primary N) is 1. The molecule has 2 aliphatic rings. The first-order chi connectivity index (χ1) is 32.2. The van der Waals surface area contributed by atoms with E-state index in [0.29, 0.717) is 17.2 Å². The number of pyridine rings is 2. The molecule has 1 unspecified atom stereocenters. The van der Waals surface area contributed by atoms with Crippen LogP contribution in [0, 0.1) is 6.92 Å². The number of anilines is 1. The van der Waals surface area contributed by atoms with Crippen LogP contribution in [0.25, 0.3) is 61.7 Å². The smallest absolute Gasteiger partial charge is 0.178 e. The topological polar surface area (TPSA) is 165 Å². The third-order valence-electron chi connectivity index (χ3n) is 11.8. The van der Waals surface area contributed by atoms with E-state index in [2.05, 4.69) is 115 Å². The van der Waals surface area contributed by atoms with Crippen molar-refractivity contribution in [1.29, 1.82) is 0 Å². The van der Waals surface area contributed by atoms with E-state index >= 15 is 0 Å². The number of hydrogen-bond donors (Lipinski definition) is 5. The normalized spacial score (nSPS) is 16.4. The van der Waals surface area contributed by atoms with Crippen molar-refractivity contribution in [2.24, 2.45) is 10.7 Å². The van der Waals surface area contributed by atoms with Gasteiger partial charge in [0, 0.05) is 71.5 Å². The maximum absolute atomic E-state index is 6.01. The minimum atomic E-state index is -0.387. The van der Waals surface area contributed by atoms with Crippen LogP contribution in [-0.2, 0) is 5.54 Å². The monoisotopic (exact) mass is 877 g/mol. The summed E-state index contributed by atoms with van der Waals surface area (Å²) in [6, 6.07) is 20.4. The number of aromatic amines is 3. The second kappa shape index (κ2) is 20.8. The van der Waals surface area contributed by atoms with Crippen molar-refractivity contribution < 1.29 is 0 Å². The Morgan fingerprint density at radius 1 is 0.879 bits per heavy atom. The Kier molecular flexibility index (Phi) is 14.5. The summed E-state index contributed by atoms with van der Waals surface area (Å²) in [6.45, 7) is 25.8. The zero-order valence-electron chi connectivity index (χ0n) is 38.9. The van der Waals surface area contributed by atoms with Gasteiger partial charge in [0.05, 0.1) is 22.4 Å². The van der Waals surface area contributed by atoms with Crippen molar-refractivity contribution >= 4 is 50.8 Å². The molecule has 1 atom stereocenters. The van der Waals surface area contributed by atoms with E-state index in [9.17, 15) is 0 Å². The number of rotatable bonds is 12. The summed E-state index contributed by atoms with van der Waals surface area (Å²) in [7, 11) is 0. The molecule has 0 saturated carbocycles. The maximum atomic E-state index is 6.01. The molecule has 9 rings (SSSR count). The van der Waals surface area contributed by atoms with Crippen LogP contribution in [-0.4, -0.2) is 64.3 Å². The quantitative estimate of drug-likeness (QED) is 0.0598. The Morgan fingerprint density at radius 3 is 2.36 bits per heavy atom. The zero-order valence-corrected chi connectivity index (χ0v) is 38.9. The van der Waals surface area contributed by atoms with Gasteiger partial charge in [0.25, 0.3) is 0 Å². The number of benzene rings is 2. The van der Waals surface area contributed by atoms with Crippen molar-refractivity contribution in [2.45, 2.75) is 66.3 Å². The van der Waals surface area contributed by atoms with Gasteiger partial charge in [0.1, 0.15) is 22.8 Å². The number of likely N-dealkylation sites (tertiary alicyclic amines) is 1. The number of imidazole rings is 2. The van der Waals surface area contributed by atoms with Gasteiger partial charge in [-0.3, -0.25) is 15.1 Å². The lowest BCUT2D eigenvalue weighted by molar-refractivity contribution is 0.325. The molecule has 6 N–H and O–H groups in total. The van der Waals surface area contributed by atoms with Crippen LogP contribution in [0.2, 0.25) is 0 Å². The van der Waals surface area contributed by atoms with Gasteiger partial charge < -0.3 is 25.9 Å². The molecule has 0 spiro atoms. The van der Waals surface area contributed by atoms with Crippen LogP contribution >= 0.6 is 0 Å². The number of fused-ring (bicyclic) bond motifs is 3. The molecule has 2 aromatic carbocycles. The van der Waals surface area contributed by atoms with E-state index in [-0.39, 0.29) is 5.54 Å². The van der Waals surface area contributed by atoms with Crippen molar-refractivity contribution in [3.05, 3.63) is 175 Å². The Labute approximate surface area is 387 Å². The third kappa shape index (κ3) is 9.35. The van der Waals surface area contributed by atoms with E-state index < -0.39 is 0 Å². The highest BCUT2D eigenvalue weighted by molar-refractivity contribution is 6.11. The molecule has 7 aromatic rings. The van der Waals surface area contributed by atoms with Crippen molar-refractivity contribution in [3.63, 3.8) is 0 Å². The lowest BCUT2D eigenvalue weighted by Gasteiger charge is -2.42. The molecule has 2 aliphatic heterocycles. The minimum absolute atomic E-state index is 0.387. The largest absolute Gasteiger partial charge is 0.399 e. The second-order valence-corrected chi connectivity index (χ2v) is 15.9. The molecule has 336 valence electrons. The Hall–Kier alpha value is -7.86. The molecule has 0 radical (unpaired) electrons. The van der Waals surface area contributed by atoms with E-state index in [1.807, 2.05) is 82.3 Å². The molecule has 1 saturated heterocycles. The average Bonchev–Trinajstić information content (AvgIpc) is 4.10. The van der Waals surface area contributed by atoms with Crippen LogP contribution in [0.4, 0.5) is 5.69 Å². The summed E-state index contributed by atoms with van der Waals surface area (Å²) in [5, 5.41) is 12.2.